The van der Waals surface area contributed by atoms with E-state index in [0.29, 0.717) is 0 Å². The molecule has 0 saturated carbocycles. The van der Waals surface area contributed by atoms with Crippen LogP contribution in [0.25, 0.3) is 0 Å². The molecule has 1 rings (SSSR count). The second-order valence-electron chi connectivity index (χ2n) is 3.82. The summed E-state index contributed by atoms with van der Waals surface area (Å²) in [5.41, 5.74) is 0.0406. The van der Waals surface area contributed by atoms with Crippen LogP contribution in [-0.4, -0.2) is 22.2 Å². The van der Waals surface area contributed by atoms with Gasteiger partial charge in [-0.1, -0.05) is 30.3 Å². The van der Waals surface area contributed by atoms with Gasteiger partial charge in [-0.3, -0.25) is 9.59 Å². The topological polar surface area (TPSA) is 74.6 Å². The number of hydrogen-bond acceptors (Lipinski definition) is 2. The summed E-state index contributed by atoms with van der Waals surface area (Å²) in [4.78, 5) is 19.8. The summed E-state index contributed by atoms with van der Waals surface area (Å²) in [7, 11) is 0. The zero-order valence-corrected chi connectivity index (χ0v) is 9.60. The van der Waals surface area contributed by atoms with Crippen molar-refractivity contribution in [1.29, 1.82) is 0 Å². The zero-order chi connectivity index (χ0) is 12.8. The van der Waals surface area contributed by atoms with Crippen LogP contribution in [0.2, 0.25) is 0 Å². The first kappa shape index (κ1) is 14.2. The van der Waals surface area contributed by atoms with Crippen LogP contribution in [-0.2, 0) is 15.0 Å². The van der Waals surface area contributed by atoms with Crippen LogP contribution in [0.4, 0.5) is 0 Å². The fourth-order valence-electron chi connectivity index (χ4n) is 0.978. The molecule has 0 aromatic heterocycles. The molecule has 0 bridgehead atoms. The highest BCUT2D eigenvalue weighted by molar-refractivity contribution is 5.80. The highest BCUT2D eigenvalue weighted by atomic mass is 16.4. The molecule has 0 aliphatic rings. The molecule has 2 N–H and O–H groups in total. The molecule has 88 valence electrons. The van der Waals surface area contributed by atoms with Gasteiger partial charge in [0.05, 0.1) is 5.41 Å². The van der Waals surface area contributed by atoms with Crippen molar-refractivity contribution in [2.45, 2.75) is 26.2 Å². The number of carbonyl (C=O) groups is 2. The minimum absolute atomic E-state index is 0.790. The lowest BCUT2D eigenvalue weighted by Gasteiger charge is -2.18. The second kappa shape index (κ2) is 5.90. The molecule has 0 amide bonds. The van der Waals surface area contributed by atoms with E-state index in [4.69, 9.17) is 15.0 Å². The molecule has 0 heterocycles. The SMILES string of the molecule is CC(=O)O.CC(C)(C(=O)O)c1ccccc1. The van der Waals surface area contributed by atoms with E-state index in [1.165, 1.54) is 0 Å². The Balaban J connectivity index is 0.000000487. The molecule has 0 fully saturated rings. The van der Waals surface area contributed by atoms with E-state index in [1.54, 1.807) is 13.8 Å². The maximum atomic E-state index is 10.8. The maximum Gasteiger partial charge on any atom is 0.313 e. The van der Waals surface area contributed by atoms with Crippen molar-refractivity contribution < 1.29 is 19.8 Å². The monoisotopic (exact) mass is 224 g/mol. The Hall–Kier alpha value is -1.84. The molecule has 0 radical (unpaired) electrons. The van der Waals surface area contributed by atoms with Crippen molar-refractivity contribution in [2.24, 2.45) is 0 Å². The van der Waals surface area contributed by atoms with Crippen molar-refractivity contribution >= 4 is 11.9 Å². The van der Waals surface area contributed by atoms with Crippen LogP contribution in [0.1, 0.15) is 26.3 Å². The quantitative estimate of drug-likeness (QED) is 0.807. The first-order valence-electron chi connectivity index (χ1n) is 4.77. The van der Waals surface area contributed by atoms with Crippen LogP contribution in [0.3, 0.4) is 0 Å². The van der Waals surface area contributed by atoms with Crippen LogP contribution in [0.5, 0.6) is 0 Å². The van der Waals surface area contributed by atoms with Gasteiger partial charge < -0.3 is 10.2 Å². The van der Waals surface area contributed by atoms with Crippen LogP contribution in [0, 0.1) is 0 Å². The molecular formula is C12H16O4. The Morgan fingerprint density at radius 2 is 1.44 bits per heavy atom. The lowest BCUT2D eigenvalue weighted by molar-refractivity contribution is -0.142. The lowest BCUT2D eigenvalue weighted by atomic mass is 9.85. The Kier molecular flexibility index (Phi) is 5.22. The van der Waals surface area contributed by atoms with Crippen LogP contribution >= 0.6 is 0 Å². The average molecular weight is 224 g/mol. The number of aliphatic carboxylic acids is 2. The lowest BCUT2D eigenvalue weighted by Crippen LogP contribution is -2.28. The molecule has 0 unspecified atom stereocenters. The van der Waals surface area contributed by atoms with Crippen molar-refractivity contribution in [2.75, 3.05) is 0 Å². The molecule has 0 aliphatic carbocycles. The number of rotatable bonds is 2. The number of carboxylic acids is 2. The summed E-state index contributed by atoms with van der Waals surface area (Å²) in [5.74, 6) is -1.63. The molecule has 0 atom stereocenters. The fourth-order valence-corrected chi connectivity index (χ4v) is 0.978. The van der Waals surface area contributed by atoms with Crippen molar-refractivity contribution in [1.82, 2.24) is 0 Å². The van der Waals surface area contributed by atoms with Crippen LogP contribution < -0.4 is 0 Å². The van der Waals surface area contributed by atoms with Gasteiger partial charge in [0, 0.05) is 6.92 Å². The maximum absolute atomic E-state index is 10.8. The van der Waals surface area contributed by atoms with E-state index in [1.807, 2.05) is 30.3 Å². The van der Waals surface area contributed by atoms with E-state index in [0.717, 1.165) is 12.5 Å². The van der Waals surface area contributed by atoms with Gasteiger partial charge in [0.25, 0.3) is 5.97 Å². The highest BCUT2D eigenvalue weighted by Crippen LogP contribution is 2.22. The van der Waals surface area contributed by atoms with E-state index in [-0.39, 0.29) is 0 Å². The first-order chi connectivity index (χ1) is 7.28. The summed E-state index contributed by atoms with van der Waals surface area (Å²) >= 11 is 0. The summed E-state index contributed by atoms with van der Waals surface area (Å²) < 4.78 is 0. The normalized spacial score (nSPS) is 9.94. The van der Waals surface area contributed by atoms with Crippen LogP contribution in [0.15, 0.2) is 30.3 Å². The third-order valence-electron chi connectivity index (χ3n) is 2.03. The van der Waals surface area contributed by atoms with Crippen molar-refractivity contribution in [3.63, 3.8) is 0 Å². The summed E-state index contributed by atoms with van der Waals surface area (Å²) in [5, 5.41) is 16.3. The van der Waals surface area contributed by atoms with E-state index in [2.05, 4.69) is 0 Å². The van der Waals surface area contributed by atoms with Gasteiger partial charge in [-0.05, 0) is 19.4 Å². The molecule has 4 heteroatoms. The second-order valence-corrected chi connectivity index (χ2v) is 3.82. The first-order valence-corrected chi connectivity index (χ1v) is 4.77. The Labute approximate surface area is 94.5 Å². The van der Waals surface area contributed by atoms with E-state index >= 15 is 0 Å². The molecule has 4 nitrogen and oxygen atoms in total. The van der Waals surface area contributed by atoms with Gasteiger partial charge in [0.15, 0.2) is 0 Å². The summed E-state index contributed by atoms with van der Waals surface area (Å²) in [6.07, 6.45) is 0. The zero-order valence-electron chi connectivity index (χ0n) is 9.60. The predicted molar refractivity (Wildman–Crippen MR) is 60.4 cm³/mol. The molecule has 0 aliphatic heterocycles. The average Bonchev–Trinajstić information content (AvgIpc) is 2.18. The van der Waals surface area contributed by atoms with Crippen molar-refractivity contribution in [3.8, 4) is 0 Å². The molecule has 16 heavy (non-hydrogen) atoms. The van der Waals surface area contributed by atoms with Gasteiger partial charge >= 0.3 is 5.97 Å². The molecule has 0 spiro atoms. The molecular weight excluding hydrogens is 208 g/mol. The largest absolute Gasteiger partial charge is 0.481 e. The third-order valence-corrected chi connectivity index (χ3v) is 2.03. The minimum Gasteiger partial charge on any atom is -0.481 e. The summed E-state index contributed by atoms with van der Waals surface area (Å²) in [6.45, 7) is 4.48. The molecule has 1 aromatic carbocycles. The van der Waals surface area contributed by atoms with E-state index in [9.17, 15) is 4.79 Å². The third kappa shape index (κ3) is 4.59. The molecule has 1 aromatic rings. The fraction of sp³-hybridized carbons (Fsp3) is 0.333. The van der Waals surface area contributed by atoms with Gasteiger partial charge in [-0.15, -0.1) is 0 Å². The Bertz CT molecular complexity index is 351. The predicted octanol–water partition coefficient (Wildman–Crippen LogP) is 2.14. The molecule has 0 saturated heterocycles. The van der Waals surface area contributed by atoms with Gasteiger partial charge in [0.2, 0.25) is 0 Å². The Morgan fingerprint density at radius 1 is 1.06 bits per heavy atom. The smallest absolute Gasteiger partial charge is 0.313 e. The van der Waals surface area contributed by atoms with Gasteiger partial charge in [0.1, 0.15) is 0 Å². The van der Waals surface area contributed by atoms with E-state index < -0.39 is 17.4 Å². The number of benzene rings is 1. The standard InChI is InChI=1S/C10H12O2.C2H4O2/c1-10(2,9(11)12)8-6-4-3-5-7-8;1-2(3)4/h3-7H,1-2H3,(H,11,12);1H3,(H,3,4). The number of carboxylic acid groups (broad SMARTS) is 2. The summed E-state index contributed by atoms with van der Waals surface area (Å²) in [6, 6.07) is 9.23. The highest BCUT2D eigenvalue weighted by Gasteiger charge is 2.28. The van der Waals surface area contributed by atoms with Gasteiger partial charge in [-0.25, -0.2) is 0 Å². The Morgan fingerprint density at radius 3 is 1.75 bits per heavy atom. The van der Waals surface area contributed by atoms with Gasteiger partial charge in [-0.2, -0.15) is 0 Å². The number of hydrogen-bond donors (Lipinski definition) is 2. The minimum atomic E-state index is -0.833. The van der Waals surface area contributed by atoms with Crippen molar-refractivity contribution in [3.05, 3.63) is 35.9 Å².